The minimum atomic E-state index is 0.0517. The summed E-state index contributed by atoms with van der Waals surface area (Å²) in [5, 5.41) is 1.80. The number of rotatable bonds is 3. The molecule has 0 spiro atoms. The van der Waals surface area contributed by atoms with Crippen molar-refractivity contribution in [2.75, 3.05) is 7.11 Å². The molecule has 0 radical (unpaired) electrons. The van der Waals surface area contributed by atoms with Gasteiger partial charge in [0.1, 0.15) is 5.75 Å². The monoisotopic (exact) mass is 221 g/mol. The predicted octanol–water partition coefficient (Wildman–Crippen LogP) is 1.97. The Morgan fingerprint density at radius 1 is 1.27 bits per heavy atom. The molecule has 0 bridgehead atoms. The average Bonchev–Trinajstić information content (AvgIpc) is 2.66. The van der Waals surface area contributed by atoms with E-state index in [1.165, 1.54) is 11.5 Å². The van der Waals surface area contributed by atoms with Crippen LogP contribution in [0, 0.1) is 0 Å². The van der Waals surface area contributed by atoms with Gasteiger partial charge in [-0.3, -0.25) is 8.75 Å². The zero-order valence-electron chi connectivity index (χ0n) is 8.34. The third-order valence-corrected chi connectivity index (χ3v) is 2.95. The van der Waals surface area contributed by atoms with Crippen molar-refractivity contribution in [3.05, 3.63) is 51.6 Å². The molecule has 2 aromatic rings. The average molecular weight is 221 g/mol. The van der Waals surface area contributed by atoms with Crippen LogP contribution in [-0.2, 0) is 6.54 Å². The Morgan fingerprint density at radius 3 is 2.53 bits per heavy atom. The Balaban J connectivity index is 2.18. The summed E-state index contributed by atoms with van der Waals surface area (Å²) in [7, 11) is 1.64. The molecule has 0 fully saturated rings. The van der Waals surface area contributed by atoms with Gasteiger partial charge < -0.3 is 4.74 Å². The molecule has 0 aliphatic heterocycles. The van der Waals surface area contributed by atoms with Crippen molar-refractivity contribution in [2.45, 2.75) is 6.54 Å². The van der Waals surface area contributed by atoms with Crippen molar-refractivity contribution in [2.24, 2.45) is 0 Å². The van der Waals surface area contributed by atoms with Crippen LogP contribution in [0.4, 0.5) is 0 Å². The highest BCUT2D eigenvalue weighted by Gasteiger charge is 1.99. The molecular weight excluding hydrogens is 210 g/mol. The van der Waals surface area contributed by atoms with Crippen LogP contribution in [-0.4, -0.2) is 11.1 Å². The largest absolute Gasteiger partial charge is 0.497 e. The van der Waals surface area contributed by atoms with Gasteiger partial charge in [-0.1, -0.05) is 23.7 Å². The zero-order chi connectivity index (χ0) is 10.7. The van der Waals surface area contributed by atoms with Gasteiger partial charge in [0.05, 0.1) is 13.7 Å². The van der Waals surface area contributed by atoms with E-state index in [9.17, 15) is 4.79 Å². The Kier molecular flexibility index (Phi) is 2.87. The highest BCUT2D eigenvalue weighted by Crippen LogP contribution is 2.12. The van der Waals surface area contributed by atoms with E-state index in [0.29, 0.717) is 6.54 Å². The number of benzene rings is 1. The summed E-state index contributed by atoms with van der Waals surface area (Å²) < 4.78 is 6.77. The van der Waals surface area contributed by atoms with Gasteiger partial charge in [-0.2, -0.15) is 0 Å². The van der Waals surface area contributed by atoms with Crippen LogP contribution in [0.25, 0.3) is 0 Å². The smallest absolute Gasteiger partial charge is 0.260 e. The summed E-state index contributed by atoms with van der Waals surface area (Å²) in [4.78, 5) is 11.3. The van der Waals surface area contributed by atoms with E-state index < -0.39 is 0 Å². The fourth-order valence-electron chi connectivity index (χ4n) is 1.31. The second-order valence-electron chi connectivity index (χ2n) is 3.13. The Labute approximate surface area is 91.7 Å². The SMILES string of the molecule is COc1ccc(Cn2sccc2=O)cc1. The van der Waals surface area contributed by atoms with Crippen LogP contribution in [0.5, 0.6) is 5.75 Å². The summed E-state index contributed by atoms with van der Waals surface area (Å²) in [6, 6.07) is 9.30. The summed E-state index contributed by atoms with van der Waals surface area (Å²) in [5.41, 5.74) is 1.15. The maximum absolute atomic E-state index is 11.3. The Bertz CT molecular complexity index is 484. The first-order valence-electron chi connectivity index (χ1n) is 4.57. The third-order valence-electron chi connectivity index (χ3n) is 2.13. The topological polar surface area (TPSA) is 31.2 Å². The number of hydrogen-bond donors (Lipinski definition) is 0. The lowest BCUT2D eigenvalue weighted by molar-refractivity contribution is 0.414. The molecule has 0 amide bonds. The first-order chi connectivity index (χ1) is 7.29. The number of nitrogens with zero attached hydrogens (tertiary/aromatic N) is 1. The first kappa shape index (κ1) is 9.98. The molecule has 3 nitrogen and oxygen atoms in total. The van der Waals surface area contributed by atoms with Gasteiger partial charge in [-0.05, 0) is 17.7 Å². The molecule has 2 rings (SSSR count). The number of hydrogen-bond acceptors (Lipinski definition) is 3. The quantitative estimate of drug-likeness (QED) is 0.793. The fraction of sp³-hybridized carbons (Fsp3) is 0.182. The summed E-state index contributed by atoms with van der Waals surface area (Å²) >= 11 is 1.43. The molecule has 1 aromatic carbocycles. The van der Waals surface area contributed by atoms with E-state index in [-0.39, 0.29) is 5.56 Å². The Hall–Kier alpha value is -1.55. The van der Waals surface area contributed by atoms with Crippen LogP contribution in [0.1, 0.15) is 5.56 Å². The maximum Gasteiger partial charge on any atom is 0.260 e. The van der Waals surface area contributed by atoms with Crippen molar-refractivity contribution in [1.29, 1.82) is 0 Å². The van der Waals surface area contributed by atoms with E-state index >= 15 is 0 Å². The first-order valence-corrected chi connectivity index (χ1v) is 5.41. The normalized spacial score (nSPS) is 10.2. The lowest BCUT2D eigenvalue weighted by atomic mass is 10.2. The van der Waals surface area contributed by atoms with Crippen molar-refractivity contribution >= 4 is 11.5 Å². The van der Waals surface area contributed by atoms with E-state index in [0.717, 1.165) is 11.3 Å². The Morgan fingerprint density at radius 2 is 2.00 bits per heavy atom. The fourth-order valence-corrected chi connectivity index (χ4v) is 2.02. The van der Waals surface area contributed by atoms with Crippen molar-refractivity contribution < 1.29 is 4.74 Å². The molecule has 0 unspecified atom stereocenters. The van der Waals surface area contributed by atoms with Crippen LogP contribution < -0.4 is 10.3 Å². The van der Waals surface area contributed by atoms with Gasteiger partial charge in [-0.15, -0.1) is 0 Å². The minimum Gasteiger partial charge on any atom is -0.497 e. The number of methoxy groups -OCH3 is 1. The second kappa shape index (κ2) is 4.31. The molecular formula is C11H11NO2S. The highest BCUT2D eigenvalue weighted by molar-refractivity contribution is 7.04. The van der Waals surface area contributed by atoms with Gasteiger partial charge in [0.15, 0.2) is 0 Å². The summed E-state index contributed by atoms with van der Waals surface area (Å²) in [5.74, 6) is 0.831. The van der Waals surface area contributed by atoms with Crippen LogP contribution >= 0.6 is 11.5 Å². The minimum absolute atomic E-state index is 0.0517. The van der Waals surface area contributed by atoms with Crippen molar-refractivity contribution in [3.8, 4) is 5.75 Å². The lowest BCUT2D eigenvalue weighted by Gasteiger charge is -2.03. The molecule has 0 aliphatic carbocycles. The van der Waals surface area contributed by atoms with Crippen LogP contribution in [0.3, 0.4) is 0 Å². The molecule has 1 heterocycles. The molecule has 0 aliphatic rings. The third kappa shape index (κ3) is 2.27. The van der Waals surface area contributed by atoms with E-state index in [1.54, 1.807) is 22.5 Å². The van der Waals surface area contributed by atoms with E-state index in [4.69, 9.17) is 4.74 Å². The summed E-state index contributed by atoms with van der Waals surface area (Å²) in [6.07, 6.45) is 0. The van der Waals surface area contributed by atoms with Crippen LogP contribution in [0.2, 0.25) is 0 Å². The molecule has 0 atom stereocenters. The lowest BCUT2D eigenvalue weighted by Crippen LogP contribution is -2.12. The highest BCUT2D eigenvalue weighted by atomic mass is 32.1. The molecule has 0 saturated heterocycles. The number of ether oxygens (including phenoxy) is 1. The standard InChI is InChI=1S/C11H11NO2S/c1-14-10-4-2-9(3-5-10)8-12-11(13)6-7-15-12/h2-7H,8H2,1H3. The number of aromatic nitrogens is 1. The molecule has 4 heteroatoms. The van der Waals surface area contributed by atoms with Crippen molar-refractivity contribution in [1.82, 2.24) is 3.96 Å². The van der Waals surface area contributed by atoms with Crippen molar-refractivity contribution in [3.63, 3.8) is 0 Å². The molecule has 0 saturated carbocycles. The molecule has 1 aromatic heterocycles. The van der Waals surface area contributed by atoms with Gasteiger partial charge >= 0.3 is 0 Å². The van der Waals surface area contributed by atoms with Gasteiger partial charge in [0, 0.05) is 11.4 Å². The predicted molar refractivity (Wildman–Crippen MR) is 60.7 cm³/mol. The molecule has 0 N–H and O–H groups in total. The molecule has 78 valence electrons. The second-order valence-corrected chi connectivity index (χ2v) is 4.05. The summed E-state index contributed by atoms with van der Waals surface area (Å²) in [6.45, 7) is 0.625. The maximum atomic E-state index is 11.3. The molecule has 15 heavy (non-hydrogen) atoms. The van der Waals surface area contributed by atoms with E-state index in [1.807, 2.05) is 24.3 Å². The van der Waals surface area contributed by atoms with Gasteiger partial charge in [0.2, 0.25) is 0 Å². The zero-order valence-corrected chi connectivity index (χ0v) is 9.16. The van der Waals surface area contributed by atoms with E-state index in [2.05, 4.69) is 0 Å². The van der Waals surface area contributed by atoms with Gasteiger partial charge in [-0.25, -0.2) is 0 Å². The van der Waals surface area contributed by atoms with Crippen LogP contribution in [0.15, 0.2) is 40.5 Å². The van der Waals surface area contributed by atoms with Gasteiger partial charge in [0.25, 0.3) is 5.56 Å².